The summed E-state index contributed by atoms with van der Waals surface area (Å²) < 4.78 is 0. The van der Waals surface area contributed by atoms with Crippen LogP contribution in [0.3, 0.4) is 0 Å². The minimum absolute atomic E-state index is 0.122. The maximum Gasteiger partial charge on any atom is -0.0135 e. The molecule has 0 N–H and O–H groups in total. The van der Waals surface area contributed by atoms with Crippen LogP contribution in [-0.4, -0.2) is 22.6 Å². The normalized spacial score (nSPS) is 51.3. The van der Waals surface area contributed by atoms with Crippen LogP contribution in [0.25, 0.3) is 0 Å². The van der Waals surface area contributed by atoms with Crippen molar-refractivity contribution in [3.05, 3.63) is 24.3 Å². The third-order valence-electron chi connectivity index (χ3n) is 10.1. The topological polar surface area (TPSA) is 0 Å². The highest BCUT2D eigenvalue weighted by Gasteiger charge is 2.57. The van der Waals surface area contributed by atoms with Crippen LogP contribution in [0.15, 0.2) is 24.3 Å². The van der Waals surface area contributed by atoms with Crippen LogP contribution in [0.4, 0.5) is 0 Å². The highest BCUT2D eigenvalue weighted by molar-refractivity contribution is 7.73. The Morgan fingerprint density at radius 2 is 0.786 bits per heavy atom. The van der Waals surface area contributed by atoms with Gasteiger partial charge in [0.05, 0.1) is 0 Å². The van der Waals surface area contributed by atoms with Gasteiger partial charge in [-0.2, -0.15) is 0 Å². The van der Waals surface area contributed by atoms with E-state index >= 15 is 0 Å². The number of fused-ring (bicyclic) bond motifs is 6. The lowest BCUT2D eigenvalue weighted by Crippen LogP contribution is -2.30. The Kier molecular flexibility index (Phi) is 4.30. The largest absolute Gasteiger partial charge is 0.0677 e. The predicted octanol–water partition coefficient (Wildman–Crippen LogP) is 6.60. The first-order valence-electron chi connectivity index (χ1n) is 12.6. The van der Waals surface area contributed by atoms with Gasteiger partial charge in [-0.05, 0) is 108 Å². The molecule has 0 unspecified atom stereocenters. The first-order valence-corrected chi connectivity index (χ1v) is 15.5. The minimum atomic E-state index is 0.122. The van der Waals surface area contributed by atoms with Gasteiger partial charge in [-0.1, -0.05) is 65.8 Å². The van der Waals surface area contributed by atoms with E-state index in [0.29, 0.717) is 0 Å². The quantitative estimate of drug-likeness (QED) is 0.482. The average molecular weight is 411 g/mol. The summed E-state index contributed by atoms with van der Waals surface area (Å²) in [5.74, 6) is 4.51. The van der Waals surface area contributed by atoms with Gasteiger partial charge in [0.2, 0.25) is 0 Å². The fraction of sp³-hybridized carbons (Fsp3) is 0.769. The van der Waals surface area contributed by atoms with Crippen molar-refractivity contribution in [3.63, 3.8) is 0 Å². The molecule has 4 saturated carbocycles. The third kappa shape index (κ3) is 2.38. The molecule has 0 bridgehead atoms. The van der Waals surface area contributed by atoms with E-state index < -0.39 is 0 Å². The molecule has 0 aromatic heterocycles. The van der Waals surface area contributed by atoms with Crippen molar-refractivity contribution in [2.24, 2.45) is 23.7 Å². The lowest BCUT2D eigenvalue weighted by molar-refractivity contribution is 0.384. The Morgan fingerprint density at radius 3 is 1.11 bits per heavy atom. The molecule has 2 aliphatic heterocycles. The number of hydrogen-bond acceptors (Lipinski definition) is 0. The molecule has 1 aromatic rings. The molecule has 2 heterocycles. The van der Waals surface area contributed by atoms with E-state index in [1.165, 1.54) is 0 Å². The molecule has 2 heteroatoms. The molecule has 7 rings (SSSR count). The summed E-state index contributed by atoms with van der Waals surface area (Å²) in [4.78, 5) is 0. The number of hydrogen-bond donors (Lipinski definition) is 0. The van der Waals surface area contributed by atoms with Crippen molar-refractivity contribution >= 4 is 26.5 Å². The first-order chi connectivity index (χ1) is 13.9. The summed E-state index contributed by atoms with van der Waals surface area (Å²) in [6.07, 6.45) is 18.8. The molecule has 1 aromatic carbocycles. The maximum atomic E-state index is 2.67. The smallest absolute Gasteiger partial charge is 0.0135 e. The summed E-state index contributed by atoms with van der Waals surface area (Å²) in [6.45, 7) is 0. The summed E-state index contributed by atoms with van der Waals surface area (Å²) >= 11 is 0. The monoisotopic (exact) mass is 410 g/mol. The van der Waals surface area contributed by atoms with Crippen molar-refractivity contribution in [1.82, 2.24) is 0 Å². The summed E-state index contributed by atoms with van der Waals surface area (Å²) in [5, 5.41) is 3.93. The predicted molar refractivity (Wildman–Crippen MR) is 124 cm³/mol. The van der Waals surface area contributed by atoms with E-state index in [-0.39, 0.29) is 15.8 Å². The van der Waals surface area contributed by atoms with E-state index in [9.17, 15) is 0 Å². The third-order valence-corrected chi connectivity index (χ3v) is 17.6. The van der Waals surface area contributed by atoms with Gasteiger partial charge >= 0.3 is 0 Å². The molecule has 2 saturated heterocycles. The van der Waals surface area contributed by atoms with Crippen LogP contribution in [0, 0.1) is 23.7 Å². The van der Waals surface area contributed by atoms with Crippen molar-refractivity contribution in [2.75, 3.05) is 0 Å². The van der Waals surface area contributed by atoms with Gasteiger partial charge < -0.3 is 0 Å². The zero-order chi connectivity index (χ0) is 18.2. The molecule has 6 fully saturated rings. The fourth-order valence-corrected chi connectivity index (χ4v) is 18.6. The Morgan fingerprint density at radius 1 is 0.464 bits per heavy atom. The molecule has 150 valence electrons. The van der Waals surface area contributed by atoms with Gasteiger partial charge in [-0.3, -0.25) is 0 Å². The Labute approximate surface area is 174 Å². The highest BCUT2D eigenvalue weighted by Crippen LogP contribution is 2.72. The molecule has 0 spiro atoms. The van der Waals surface area contributed by atoms with Crippen molar-refractivity contribution in [2.45, 2.75) is 99.7 Å². The Bertz CT molecular complexity index is 656. The van der Waals surface area contributed by atoms with Crippen molar-refractivity contribution < 1.29 is 0 Å². The highest BCUT2D eigenvalue weighted by atomic mass is 31.1. The fourth-order valence-electron chi connectivity index (χ4n) is 9.36. The minimum Gasteiger partial charge on any atom is -0.0677 e. The molecule has 0 amide bonds. The van der Waals surface area contributed by atoms with Gasteiger partial charge in [0.15, 0.2) is 0 Å². The van der Waals surface area contributed by atoms with E-state index in [4.69, 9.17) is 0 Å². The SMILES string of the molecule is c1ccc(P2[C@H]3CCC[C@H]3[C@@H]3CCC[C@@H]32)c(P2[C@H]3CCC[C@H]3[C@@H]3CCC[C@@H]32)c1. The summed E-state index contributed by atoms with van der Waals surface area (Å²) in [7, 11) is 0.245. The van der Waals surface area contributed by atoms with Crippen LogP contribution in [0.2, 0.25) is 0 Å². The molecule has 28 heavy (non-hydrogen) atoms. The van der Waals surface area contributed by atoms with Crippen molar-refractivity contribution in [3.8, 4) is 0 Å². The Hall–Kier alpha value is 0.0800. The summed E-state index contributed by atoms with van der Waals surface area (Å²) in [5.41, 5.74) is 4.45. The lowest BCUT2D eigenvalue weighted by atomic mass is 9.90. The number of rotatable bonds is 2. The van der Waals surface area contributed by atoms with Gasteiger partial charge in [-0.25, -0.2) is 0 Å². The lowest BCUT2D eigenvalue weighted by Gasteiger charge is -2.32. The molecule has 0 nitrogen and oxygen atoms in total. The molecule has 0 radical (unpaired) electrons. The molecular weight excluding hydrogens is 374 g/mol. The van der Waals surface area contributed by atoms with Crippen LogP contribution in [0.5, 0.6) is 0 Å². The average Bonchev–Trinajstić information content (AvgIpc) is 3.48. The standard InChI is InChI=1S/C26H36P2/c1-2-12-26(28-23-15-5-9-19(23)20-10-6-16-24(20)28)25(11-1)27-21-13-3-7-17(21)18-8-4-14-22(18)27/h1-2,11-12,17-24H,3-10,13-16H2/t17-,18-,19-,20-,21-,22-,23-,24-/m0/s1. The second-order valence-electron chi connectivity index (χ2n) is 11.0. The van der Waals surface area contributed by atoms with Crippen LogP contribution in [-0.2, 0) is 0 Å². The van der Waals surface area contributed by atoms with E-state index in [1.54, 1.807) is 77.0 Å². The number of benzene rings is 1. The van der Waals surface area contributed by atoms with Crippen LogP contribution >= 0.6 is 15.8 Å². The van der Waals surface area contributed by atoms with E-state index in [1.807, 2.05) is 10.6 Å². The van der Waals surface area contributed by atoms with Gasteiger partial charge in [0.1, 0.15) is 0 Å². The van der Waals surface area contributed by atoms with E-state index in [0.717, 1.165) is 46.3 Å². The molecule has 6 aliphatic rings. The molecule has 8 atom stereocenters. The molecule has 4 aliphatic carbocycles. The zero-order valence-electron chi connectivity index (χ0n) is 17.3. The van der Waals surface area contributed by atoms with Gasteiger partial charge in [0, 0.05) is 0 Å². The zero-order valence-corrected chi connectivity index (χ0v) is 19.1. The molecular formula is C26H36P2. The first kappa shape index (κ1) is 17.7. The second kappa shape index (κ2) is 6.79. The maximum absolute atomic E-state index is 2.67. The van der Waals surface area contributed by atoms with Crippen LogP contribution < -0.4 is 10.6 Å². The van der Waals surface area contributed by atoms with E-state index in [2.05, 4.69) is 24.3 Å². The Balaban J connectivity index is 1.32. The second-order valence-corrected chi connectivity index (χ2v) is 16.2. The van der Waals surface area contributed by atoms with Crippen LogP contribution in [0.1, 0.15) is 77.0 Å². The van der Waals surface area contributed by atoms with Crippen molar-refractivity contribution in [1.29, 1.82) is 0 Å². The van der Waals surface area contributed by atoms with Gasteiger partial charge in [-0.15, -0.1) is 0 Å². The van der Waals surface area contributed by atoms with Gasteiger partial charge in [0.25, 0.3) is 0 Å². The summed E-state index contributed by atoms with van der Waals surface area (Å²) in [6, 6.07) is 10.2.